The highest BCUT2D eigenvalue weighted by Gasteiger charge is 2.55. The summed E-state index contributed by atoms with van der Waals surface area (Å²) in [5.41, 5.74) is 1.67. The second-order valence-corrected chi connectivity index (χ2v) is 6.58. The summed E-state index contributed by atoms with van der Waals surface area (Å²) < 4.78 is 7.37. The molecule has 2 bridgehead atoms. The smallest absolute Gasteiger partial charge is 0.310 e. The molecule has 2 aliphatic rings. The zero-order valence-corrected chi connectivity index (χ0v) is 13.5. The summed E-state index contributed by atoms with van der Waals surface area (Å²) in [4.78, 5) is 24.1. The van der Waals surface area contributed by atoms with Gasteiger partial charge in [-0.2, -0.15) is 5.10 Å². The number of nitrogens with one attached hydrogen (secondary N) is 1. The van der Waals surface area contributed by atoms with E-state index in [0.717, 1.165) is 12.0 Å². The third kappa shape index (κ3) is 3.02. The number of aromatic nitrogens is 2. The number of benzene rings is 1. The highest BCUT2D eigenvalue weighted by molar-refractivity contribution is 5.96. The van der Waals surface area contributed by atoms with Crippen molar-refractivity contribution in [2.75, 3.05) is 5.32 Å². The summed E-state index contributed by atoms with van der Waals surface area (Å²) in [6, 6.07) is 9.88. The van der Waals surface area contributed by atoms with Crippen LogP contribution in [0.4, 0.5) is 5.69 Å². The van der Waals surface area contributed by atoms with E-state index >= 15 is 0 Å². The number of aliphatic carboxylic acids is 1. The van der Waals surface area contributed by atoms with Gasteiger partial charge in [0.2, 0.25) is 5.91 Å². The van der Waals surface area contributed by atoms with Crippen molar-refractivity contribution in [1.82, 2.24) is 9.78 Å². The Morgan fingerprint density at radius 1 is 1.20 bits per heavy atom. The lowest BCUT2D eigenvalue weighted by Gasteiger charge is -2.23. The van der Waals surface area contributed by atoms with Crippen LogP contribution in [0, 0.1) is 11.8 Å². The largest absolute Gasteiger partial charge is 0.481 e. The van der Waals surface area contributed by atoms with E-state index in [1.165, 1.54) is 0 Å². The SMILES string of the molecule is O=C(O)[C@@H]1[C@H](C(=O)Nc2cnn(Cc3ccccc3)c2)[C@H]2CC[C@H]1O2. The molecule has 2 fully saturated rings. The first-order chi connectivity index (χ1) is 12.1. The number of carboxylic acid groups (broad SMARTS) is 1. The fourth-order valence-electron chi connectivity index (χ4n) is 3.84. The lowest BCUT2D eigenvalue weighted by atomic mass is 9.78. The third-order valence-corrected chi connectivity index (χ3v) is 4.95. The molecule has 0 radical (unpaired) electrons. The molecular weight excluding hydrogens is 322 g/mol. The van der Waals surface area contributed by atoms with Crippen molar-refractivity contribution >= 4 is 17.6 Å². The first kappa shape index (κ1) is 15.8. The van der Waals surface area contributed by atoms with Crippen LogP contribution in [-0.2, 0) is 20.9 Å². The molecule has 2 aliphatic heterocycles. The summed E-state index contributed by atoms with van der Waals surface area (Å²) in [5, 5.41) is 16.5. The van der Waals surface area contributed by atoms with E-state index in [-0.39, 0.29) is 18.1 Å². The second kappa shape index (κ2) is 6.33. The summed E-state index contributed by atoms with van der Waals surface area (Å²) >= 11 is 0. The first-order valence-corrected chi connectivity index (χ1v) is 8.37. The number of rotatable bonds is 5. The van der Waals surface area contributed by atoms with E-state index < -0.39 is 17.8 Å². The molecule has 4 rings (SSSR count). The highest BCUT2D eigenvalue weighted by Crippen LogP contribution is 2.44. The predicted octanol–water partition coefficient (Wildman–Crippen LogP) is 1.75. The lowest BCUT2D eigenvalue weighted by molar-refractivity contribution is -0.147. The minimum atomic E-state index is -0.966. The Morgan fingerprint density at radius 3 is 2.64 bits per heavy atom. The zero-order valence-electron chi connectivity index (χ0n) is 13.5. The van der Waals surface area contributed by atoms with Gasteiger partial charge >= 0.3 is 5.97 Å². The number of hydrogen-bond donors (Lipinski definition) is 2. The Bertz CT molecular complexity index is 789. The number of hydrogen-bond acceptors (Lipinski definition) is 4. The van der Waals surface area contributed by atoms with E-state index in [1.54, 1.807) is 17.1 Å². The summed E-state index contributed by atoms with van der Waals surface area (Å²) in [7, 11) is 0. The van der Waals surface area contributed by atoms with E-state index in [1.807, 2.05) is 30.3 Å². The van der Waals surface area contributed by atoms with Crippen molar-refractivity contribution < 1.29 is 19.4 Å². The maximum atomic E-state index is 12.6. The van der Waals surface area contributed by atoms with Crippen LogP contribution in [-0.4, -0.2) is 39.0 Å². The highest BCUT2D eigenvalue weighted by atomic mass is 16.5. The molecule has 7 nitrogen and oxygen atoms in total. The van der Waals surface area contributed by atoms with Crippen LogP contribution >= 0.6 is 0 Å². The van der Waals surface area contributed by atoms with Gasteiger partial charge in [0.25, 0.3) is 0 Å². The maximum Gasteiger partial charge on any atom is 0.310 e. The Kier molecular flexibility index (Phi) is 4.01. The number of nitrogens with zero attached hydrogens (tertiary/aromatic N) is 2. The molecule has 2 aromatic rings. The normalized spacial score (nSPS) is 27.4. The fourth-order valence-corrected chi connectivity index (χ4v) is 3.84. The van der Waals surface area contributed by atoms with Crippen LogP contribution in [0.15, 0.2) is 42.7 Å². The van der Waals surface area contributed by atoms with Gasteiger partial charge in [0, 0.05) is 6.20 Å². The monoisotopic (exact) mass is 341 g/mol. The van der Waals surface area contributed by atoms with E-state index in [2.05, 4.69) is 10.4 Å². The van der Waals surface area contributed by atoms with Crippen LogP contribution < -0.4 is 5.32 Å². The number of carbonyl (C=O) groups excluding carboxylic acids is 1. The van der Waals surface area contributed by atoms with Gasteiger partial charge in [-0.15, -0.1) is 0 Å². The number of fused-ring (bicyclic) bond motifs is 2. The van der Waals surface area contributed by atoms with Crippen LogP contribution in [0.25, 0.3) is 0 Å². The number of ether oxygens (including phenoxy) is 1. The fraction of sp³-hybridized carbons (Fsp3) is 0.389. The average molecular weight is 341 g/mol. The summed E-state index contributed by atoms with van der Waals surface area (Å²) in [5.74, 6) is -2.68. The van der Waals surface area contributed by atoms with Gasteiger partial charge in [-0.25, -0.2) is 0 Å². The standard InChI is InChI=1S/C18H19N3O4/c22-17(15-13-6-7-14(25-13)16(15)18(23)24)20-12-8-19-21(10-12)9-11-4-2-1-3-5-11/h1-5,8,10,13-16H,6-7,9H2,(H,20,22)(H,23,24)/t13-,14-,15-,16+/m1/s1. The second-order valence-electron chi connectivity index (χ2n) is 6.58. The Labute approximate surface area is 144 Å². The van der Waals surface area contributed by atoms with Gasteiger partial charge in [-0.3, -0.25) is 14.3 Å². The topological polar surface area (TPSA) is 93.5 Å². The third-order valence-electron chi connectivity index (χ3n) is 4.95. The van der Waals surface area contributed by atoms with Crippen molar-refractivity contribution in [3.8, 4) is 0 Å². The molecule has 130 valence electrons. The van der Waals surface area contributed by atoms with E-state index in [9.17, 15) is 14.7 Å². The number of amides is 1. The van der Waals surface area contributed by atoms with Crippen molar-refractivity contribution in [2.45, 2.75) is 31.6 Å². The predicted molar refractivity (Wildman–Crippen MR) is 88.9 cm³/mol. The first-order valence-electron chi connectivity index (χ1n) is 8.37. The number of anilines is 1. The molecule has 1 aromatic heterocycles. The van der Waals surface area contributed by atoms with Crippen LogP contribution in [0.3, 0.4) is 0 Å². The van der Waals surface area contributed by atoms with Gasteiger partial charge in [0.1, 0.15) is 0 Å². The minimum Gasteiger partial charge on any atom is -0.481 e. The molecule has 0 unspecified atom stereocenters. The van der Waals surface area contributed by atoms with E-state index in [0.29, 0.717) is 18.7 Å². The van der Waals surface area contributed by atoms with Crippen molar-refractivity contribution in [2.24, 2.45) is 11.8 Å². The maximum absolute atomic E-state index is 12.6. The Hall–Kier alpha value is -2.67. The molecule has 1 aromatic carbocycles. The number of carboxylic acids is 1. The minimum absolute atomic E-state index is 0.300. The molecule has 0 saturated carbocycles. The van der Waals surface area contributed by atoms with Crippen molar-refractivity contribution in [1.29, 1.82) is 0 Å². The van der Waals surface area contributed by atoms with Gasteiger partial charge in [0.05, 0.1) is 42.5 Å². The molecule has 1 amide bonds. The van der Waals surface area contributed by atoms with Crippen molar-refractivity contribution in [3.05, 3.63) is 48.3 Å². The number of carbonyl (C=O) groups is 2. The average Bonchev–Trinajstić information content (AvgIpc) is 3.31. The summed E-state index contributed by atoms with van der Waals surface area (Å²) in [6.07, 6.45) is 4.11. The molecule has 0 aliphatic carbocycles. The molecule has 0 spiro atoms. The molecule has 7 heteroatoms. The molecule has 2 N–H and O–H groups in total. The molecule has 4 atom stereocenters. The van der Waals surface area contributed by atoms with E-state index in [4.69, 9.17) is 4.74 Å². The molecule has 2 saturated heterocycles. The molecule has 25 heavy (non-hydrogen) atoms. The Balaban J connectivity index is 1.44. The summed E-state index contributed by atoms with van der Waals surface area (Å²) in [6.45, 7) is 0.603. The van der Waals surface area contributed by atoms with Crippen molar-refractivity contribution in [3.63, 3.8) is 0 Å². The van der Waals surface area contributed by atoms with Crippen LogP contribution in [0.1, 0.15) is 18.4 Å². The zero-order chi connectivity index (χ0) is 17.4. The van der Waals surface area contributed by atoms with Gasteiger partial charge in [-0.05, 0) is 18.4 Å². The van der Waals surface area contributed by atoms with Crippen LogP contribution in [0.2, 0.25) is 0 Å². The lowest BCUT2D eigenvalue weighted by Crippen LogP contribution is -2.40. The van der Waals surface area contributed by atoms with Crippen LogP contribution in [0.5, 0.6) is 0 Å². The Morgan fingerprint density at radius 2 is 1.92 bits per heavy atom. The van der Waals surface area contributed by atoms with Gasteiger partial charge in [-0.1, -0.05) is 30.3 Å². The van der Waals surface area contributed by atoms with Gasteiger partial charge in [0.15, 0.2) is 0 Å². The quantitative estimate of drug-likeness (QED) is 0.864. The molecular formula is C18H19N3O4. The molecule has 3 heterocycles. The van der Waals surface area contributed by atoms with Gasteiger partial charge < -0.3 is 15.2 Å².